The van der Waals surface area contributed by atoms with E-state index < -0.39 is 0 Å². The van der Waals surface area contributed by atoms with Crippen LogP contribution in [0.5, 0.6) is 0 Å². The molecule has 3 aromatic heterocycles. The molecule has 0 fully saturated rings. The fourth-order valence-electron chi connectivity index (χ4n) is 2.35. The van der Waals surface area contributed by atoms with Crippen molar-refractivity contribution in [2.75, 3.05) is 0 Å². The van der Waals surface area contributed by atoms with E-state index in [9.17, 15) is 4.79 Å². The minimum absolute atomic E-state index is 0.0339. The van der Waals surface area contributed by atoms with Gasteiger partial charge in [-0.25, -0.2) is 4.98 Å². The average molecular weight is 370 g/mol. The van der Waals surface area contributed by atoms with E-state index >= 15 is 0 Å². The van der Waals surface area contributed by atoms with Crippen LogP contribution in [0.1, 0.15) is 11.5 Å². The molecule has 0 aliphatic rings. The van der Waals surface area contributed by atoms with Gasteiger partial charge in [0.1, 0.15) is 4.70 Å². The molecule has 0 aliphatic carbocycles. The second-order valence-corrected chi connectivity index (χ2v) is 7.41. The topological polar surface area (TPSA) is 73.8 Å². The molecule has 126 valence electrons. The Bertz CT molecular complexity index is 1100. The Balaban J connectivity index is 1.55. The average Bonchev–Trinajstić information content (AvgIpc) is 3.27. The Morgan fingerprint density at radius 3 is 2.80 bits per heavy atom. The summed E-state index contributed by atoms with van der Waals surface area (Å²) in [6.07, 6.45) is 0. The highest BCUT2D eigenvalue weighted by Gasteiger charge is 2.13. The van der Waals surface area contributed by atoms with E-state index in [-0.39, 0.29) is 5.56 Å². The van der Waals surface area contributed by atoms with E-state index in [1.807, 2.05) is 42.6 Å². The maximum absolute atomic E-state index is 12.3. The van der Waals surface area contributed by atoms with Gasteiger partial charge in [-0.05, 0) is 30.5 Å². The molecule has 0 spiro atoms. The molecule has 0 aliphatic heterocycles. The van der Waals surface area contributed by atoms with Crippen molar-refractivity contribution in [3.05, 3.63) is 57.5 Å². The van der Waals surface area contributed by atoms with Gasteiger partial charge in [0.25, 0.3) is 5.56 Å². The molecule has 0 unspecified atom stereocenters. The van der Waals surface area contributed by atoms with Crippen molar-refractivity contribution in [3.63, 3.8) is 0 Å². The molecule has 0 saturated carbocycles. The zero-order chi connectivity index (χ0) is 17.4. The van der Waals surface area contributed by atoms with E-state index in [0.29, 0.717) is 27.4 Å². The number of nitrogens with zero attached hydrogens (tertiary/aromatic N) is 4. The lowest BCUT2D eigenvalue weighted by Gasteiger charge is -2.05. The van der Waals surface area contributed by atoms with Crippen molar-refractivity contribution in [1.29, 1.82) is 0 Å². The Morgan fingerprint density at radius 1 is 1.20 bits per heavy atom. The summed E-state index contributed by atoms with van der Waals surface area (Å²) in [6.45, 7) is 2.03. The van der Waals surface area contributed by atoms with Crippen LogP contribution in [0.4, 0.5) is 0 Å². The fourth-order valence-corrected chi connectivity index (χ4v) is 3.96. The van der Waals surface area contributed by atoms with Crippen molar-refractivity contribution in [3.8, 4) is 11.5 Å². The fraction of sp³-hybridized carbons (Fsp3) is 0.176. The van der Waals surface area contributed by atoms with Crippen LogP contribution in [0, 0.1) is 6.92 Å². The van der Waals surface area contributed by atoms with Crippen LogP contribution >= 0.6 is 23.1 Å². The summed E-state index contributed by atoms with van der Waals surface area (Å²) in [4.78, 5) is 16.8. The first-order valence-electron chi connectivity index (χ1n) is 7.58. The van der Waals surface area contributed by atoms with E-state index in [4.69, 9.17) is 4.42 Å². The summed E-state index contributed by atoms with van der Waals surface area (Å²) in [5, 5.41) is 10.7. The number of aryl methyl sites for hydroxylation is 1. The molecule has 4 aromatic rings. The van der Waals surface area contributed by atoms with Crippen LogP contribution in [-0.4, -0.2) is 19.7 Å². The number of benzene rings is 1. The molecule has 1 aromatic carbocycles. The van der Waals surface area contributed by atoms with E-state index in [1.54, 1.807) is 11.6 Å². The van der Waals surface area contributed by atoms with Crippen LogP contribution in [-0.2, 0) is 12.8 Å². The number of thiophene rings is 1. The predicted octanol–water partition coefficient (Wildman–Crippen LogP) is 3.65. The first-order valence-corrected chi connectivity index (χ1v) is 9.45. The normalized spacial score (nSPS) is 11.3. The minimum atomic E-state index is -0.0339. The zero-order valence-electron chi connectivity index (χ0n) is 13.6. The molecule has 6 nitrogen and oxygen atoms in total. The summed E-state index contributed by atoms with van der Waals surface area (Å²) in [7, 11) is 1.72. The molecule has 4 rings (SSSR count). The second-order valence-electron chi connectivity index (χ2n) is 5.55. The number of rotatable bonds is 4. The highest BCUT2D eigenvalue weighted by atomic mass is 32.2. The van der Waals surface area contributed by atoms with Crippen LogP contribution in [0.25, 0.3) is 21.7 Å². The van der Waals surface area contributed by atoms with E-state index in [0.717, 1.165) is 11.1 Å². The number of hydrogen-bond donors (Lipinski definition) is 0. The molecule has 25 heavy (non-hydrogen) atoms. The molecule has 8 heteroatoms. The summed E-state index contributed by atoms with van der Waals surface area (Å²) in [5.74, 6) is 1.44. The smallest absolute Gasteiger partial charge is 0.271 e. The summed E-state index contributed by atoms with van der Waals surface area (Å²) in [6, 6.07) is 9.77. The van der Waals surface area contributed by atoms with Gasteiger partial charge in [0.2, 0.25) is 11.8 Å². The van der Waals surface area contributed by atoms with Gasteiger partial charge >= 0.3 is 0 Å². The van der Waals surface area contributed by atoms with Crippen LogP contribution in [0.3, 0.4) is 0 Å². The predicted molar refractivity (Wildman–Crippen MR) is 98.9 cm³/mol. The second kappa shape index (κ2) is 6.45. The summed E-state index contributed by atoms with van der Waals surface area (Å²) in [5.41, 5.74) is 2.75. The first kappa shape index (κ1) is 16.0. The SMILES string of the molecule is Cc1ccc(-c2nnc(CSc3nc4ccsc4c(=O)n3C)o2)cc1. The maximum atomic E-state index is 12.3. The molecule has 0 saturated heterocycles. The third-order valence-electron chi connectivity index (χ3n) is 3.74. The molecule has 0 bridgehead atoms. The van der Waals surface area contributed by atoms with Crippen LogP contribution in [0.2, 0.25) is 0 Å². The molecule has 0 radical (unpaired) electrons. The van der Waals surface area contributed by atoms with Crippen molar-refractivity contribution < 1.29 is 4.42 Å². The molecular weight excluding hydrogens is 356 g/mol. The third-order valence-corrected chi connectivity index (χ3v) is 5.64. The van der Waals surface area contributed by atoms with Gasteiger partial charge < -0.3 is 4.42 Å². The van der Waals surface area contributed by atoms with Gasteiger partial charge in [-0.3, -0.25) is 9.36 Å². The quantitative estimate of drug-likeness (QED) is 0.403. The molecule has 3 heterocycles. The monoisotopic (exact) mass is 370 g/mol. The lowest BCUT2D eigenvalue weighted by molar-refractivity contribution is 0.528. The Kier molecular flexibility index (Phi) is 4.14. The zero-order valence-corrected chi connectivity index (χ0v) is 15.2. The van der Waals surface area contributed by atoms with Crippen molar-refractivity contribution in [2.24, 2.45) is 7.05 Å². The maximum Gasteiger partial charge on any atom is 0.271 e. The third kappa shape index (κ3) is 3.10. The van der Waals surface area contributed by atoms with E-state index in [1.165, 1.54) is 28.7 Å². The Morgan fingerprint density at radius 2 is 2.00 bits per heavy atom. The number of hydrogen-bond acceptors (Lipinski definition) is 7. The van der Waals surface area contributed by atoms with Crippen LogP contribution < -0.4 is 5.56 Å². The highest BCUT2D eigenvalue weighted by molar-refractivity contribution is 7.98. The van der Waals surface area contributed by atoms with Crippen molar-refractivity contribution in [2.45, 2.75) is 17.8 Å². The Labute approximate surface area is 151 Å². The van der Waals surface area contributed by atoms with E-state index in [2.05, 4.69) is 15.2 Å². The highest BCUT2D eigenvalue weighted by Crippen LogP contribution is 2.25. The lowest BCUT2D eigenvalue weighted by Crippen LogP contribution is -2.18. The minimum Gasteiger partial charge on any atom is -0.420 e. The molecule has 0 atom stereocenters. The van der Waals surface area contributed by atoms with Gasteiger partial charge in [-0.1, -0.05) is 29.5 Å². The standard InChI is InChI=1S/C17H14N4O2S2/c1-10-3-5-11(6-4-10)15-20-19-13(23-15)9-25-17-18-12-7-8-24-14(12)16(22)21(17)2/h3-8H,9H2,1-2H3. The van der Waals surface area contributed by atoms with Gasteiger partial charge in [-0.2, -0.15) is 0 Å². The molecule has 0 amide bonds. The summed E-state index contributed by atoms with van der Waals surface area (Å²) >= 11 is 2.81. The van der Waals surface area contributed by atoms with Gasteiger partial charge in [-0.15, -0.1) is 21.5 Å². The van der Waals surface area contributed by atoms with Crippen LogP contribution in [0.15, 0.2) is 50.1 Å². The Hall–Kier alpha value is -2.45. The first-order chi connectivity index (χ1) is 12.1. The van der Waals surface area contributed by atoms with Crippen molar-refractivity contribution >= 4 is 33.3 Å². The number of thioether (sulfide) groups is 1. The molecule has 0 N–H and O–H groups in total. The molecular formula is C17H14N4O2S2. The van der Waals surface area contributed by atoms with Gasteiger partial charge in [0, 0.05) is 12.6 Å². The summed E-state index contributed by atoms with van der Waals surface area (Å²) < 4.78 is 7.95. The largest absolute Gasteiger partial charge is 0.420 e. The van der Waals surface area contributed by atoms with Gasteiger partial charge in [0.15, 0.2) is 5.16 Å². The number of aromatic nitrogens is 4. The number of fused-ring (bicyclic) bond motifs is 1. The van der Waals surface area contributed by atoms with Crippen molar-refractivity contribution in [1.82, 2.24) is 19.7 Å². The lowest BCUT2D eigenvalue weighted by atomic mass is 10.1. The van der Waals surface area contributed by atoms with Gasteiger partial charge in [0.05, 0.1) is 11.3 Å².